The molecule has 106 valence electrons. The Hall–Kier alpha value is -1.10. The number of hydrogen-bond donors (Lipinski definition) is 3. The highest BCUT2D eigenvalue weighted by Crippen LogP contribution is 2.19. The summed E-state index contributed by atoms with van der Waals surface area (Å²) in [6, 6.07) is -0.447. The van der Waals surface area contributed by atoms with Gasteiger partial charge < -0.3 is 15.7 Å². The zero-order valence-corrected chi connectivity index (χ0v) is 12.0. The van der Waals surface area contributed by atoms with Crippen LogP contribution in [-0.2, 0) is 9.59 Å². The van der Waals surface area contributed by atoms with E-state index in [1.807, 2.05) is 13.8 Å². The summed E-state index contributed by atoms with van der Waals surface area (Å²) in [5.41, 5.74) is -0.488. The fourth-order valence-corrected chi connectivity index (χ4v) is 1.52. The zero-order chi connectivity index (χ0) is 14.3. The first-order valence-electron chi connectivity index (χ1n) is 6.40. The smallest absolute Gasteiger partial charge is 0.326 e. The molecule has 0 fully saturated rings. The molecule has 0 rings (SSSR count). The third-order valence-corrected chi connectivity index (χ3v) is 2.55. The summed E-state index contributed by atoms with van der Waals surface area (Å²) >= 11 is 0. The molecule has 5 heteroatoms. The maximum atomic E-state index is 11.6. The number of nitrogens with one attached hydrogen (secondary N) is 2. The highest BCUT2D eigenvalue weighted by atomic mass is 16.4. The lowest BCUT2D eigenvalue weighted by Crippen LogP contribution is -2.49. The van der Waals surface area contributed by atoms with Crippen molar-refractivity contribution in [2.75, 3.05) is 6.54 Å². The first kappa shape index (κ1) is 16.9. The monoisotopic (exact) mass is 258 g/mol. The molecular weight excluding hydrogens is 232 g/mol. The summed E-state index contributed by atoms with van der Waals surface area (Å²) in [6.45, 7) is 10.2. The Balaban J connectivity index is 4.09. The Labute approximate surface area is 109 Å². The molecule has 0 saturated heterocycles. The average molecular weight is 258 g/mol. The topological polar surface area (TPSA) is 78.4 Å². The van der Waals surface area contributed by atoms with Gasteiger partial charge in [0.25, 0.3) is 0 Å². The van der Waals surface area contributed by atoms with Crippen molar-refractivity contribution in [1.82, 2.24) is 10.6 Å². The van der Waals surface area contributed by atoms with Crippen molar-refractivity contribution in [1.29, 1.82) is 0 Å². The molecule has 0 aliphatic heterocycles. The zero-order valence-electron chi connectivity index (χ0n) is 12.0. The van der Waals surface area contributed by atoms with E-state index >= 15 is 0 Å². The van der Waals surface area contributed by atoms with Crippen LogP contribution >= 0.6 is 0 Å². The van der Waals surface area contributed by atoms with Gasteiger partial charge in [-0.05, 0) is 18.4 Å². The second-order valence-corrected chi connectivity index (χ2v) is 5.92. The number of carboxylic acid groups (broad SMARTS) is 1. The first-order valence-corrected chi connectivity index (χ1v) is 6.40. The average Bonchev–Trinajstić information content (AvgIpc) is 2.18. The molecule has 0 bridgehead atoms. The van der Waals surface area contributed by atoms with E-state index in [-0.39, 0.29) is 5.91 Å². The van der Waals surface area contributed by atoms with E-state index < -0.39 is 17.4 Å². The molecule has 0 aliphatic rings. The number of carbonyl (C=O) groups excluding carboxylic acids is 1. The lowest BCUT2D eigenvalue weighted by atomic mass is 9.86. The summed E-state index contributed by atoms with van der Waals surface area (Å²) in [7, 11) is 0. The summed E-state index contributed by atoms with van der Waals surface area (Å²) in [5.74, 6) is -1.20. The largest absolute Gasteiger partial charge is 0.480 e. The molecule has 0 aromatic carbocycles. The van der Waals surface area contributed by atoms with Crippen LogP contribution in [0.15, 0.2) is 0 Å². The van der Waals surface area contributed by atoms with E-state index in [0.717, 1.165) is 6.54 Å². The van der Waals surface area contributed by atoms with Crippen molar-refractivity contribution in [2.45, 2.75) is 59.5 Å². The maximum absolute atomic E-state index is 11.6. The number of amides is 1. The van der Waals surface area contributed by atoms with Crippen molar-refractivity contribution in [3.63, 3.8) is 0 Å². The summed E-state index contributed by atoms with van der Waals surface area (Å²) in [5, 5.41) is 14.9. The SMILES string of the molecule is CC(C)NCCCC(=O)N[C@@H](C(=O)O)C(C)(C)C. The molecule has 0 radical (unpaired) electrons. The summed E-state index contributed by atoms with van der Waals surface area (Å²) < 4.78 is 0. The van der Waals surface area contributed by atoms with Crippen molar-refractivity contribution < 1.29 is 14.7 Å². The highest BCUT2D eigenvalue weighted by Gasteiger charge is 2.32. The Morgan fingerprint density at radius 2 is 1.78 bits per heavy atom. The summed E-state index contributed by atoms with van der Waals surface area (Å²) in [6.07, 6.45) is 1.06. The van der Waals surface area contributed by atoms with Crippen LogP contribution in [0.2, 0.25) is 0 Å². The van der Waals surface area contributed by atoms with Gasteiger partial charge in [-0.2, -0.15) is 0 Å². The summed E-state index contributed by atoms with van der Waals surface area (Å²) in [4.78, 5) is 22.7. The third-order valence-electron chi connectivity index (χ3n) is 2.55. The number of aliphatic carboxylic acids is 1. The van der Waals surface area contributed by atoms with Gasteiger partial charge in [-0.15, -0.1) is 0 Å². The molecule has 0 saturated carbocycles. The fraction of sp³-hybridized carbons (Fsp3) is 0.846. The number of hydrogen-bond acceptors (Lipinski definition) is 3. The van der Waals surface area contributed by atoms with Crippen molar-refractivity contribution in [3.8, 4) is 0 Å². The lowest BCUT2D eigenvalue weighted by molar-refractivity contribution is -0.144. The molecule has 0 spiro atoms. The van der Waals surface area contributed by atoms with Crippen LogP contribution in [0.25, 0.3) is 0 Å². The van der Waals surface area contributed by atoms with Gasteiger partial charge in [-0.3, -0.25) is 4.79 Å². The Kier molecular flexibility index (Phi) is 6.91. The van der Waals surface area contributed by atoms with Gasteiger partial charge in [0, 0.05) is 12.5 Å². The molecule has 3 N–H and O–H groups in total. The van der Waals surface area contributed by atoms with Gasteiger partial charge in [-0.25, -0.2) is 4.79 Å². The molecule has 5 nitrogen and oxygen atoms in total. The van der Waals surface area contributed by atoms with Crippen LogP contribution in [0.5, 0.6) is 0 Å². The van der Waals surface area contributed by atoms with E-state index in [1.165, 1.54) is 0 Å². The van der Waals surface area contributed by atoms with Crippen LogP contribution in [0.4, 0.5) is 0 Å². The van der Waals surface area contributed by atoms with Crippen LogP contribution in [0, 0.1) is 5.41 Å². The number of carboxylic acids is 1. The van der Waals surface area contributed by atoms with Gasteiger partial charge in [0.15, 0.2) is 0 Å². The van der Waals surface area contributed by atoms with Crippen molar-refractivity contribution >= 4 is 11.9 Å². The fourth-order valence-electron chi connectivity index (χ4n) is 1.52. The van der Waals surface area contributed by atoms with Crippen molar-refractivity contribution in [3.05, 3.63) is 0 Å². The van der Waals surface area contributed by atoms with E-state index in [0.29, 0.717) is 18.9 Å². The minimum absolute atomic E-state index is 0.206. The molecule has 0 unspecified atom stereocenters. The Bertz CT molecular complexity index is 282. The van der Waals surface area contributed by atoms with Gasteiger partial charge in [0.1, 0.15) is 6.04 Å². The van der Waals surface area contributed by atoms with Crippen molar-refractivity contribution in [2.24, 2.45) is 5.41 Å². The van der Waals surface area contributed by atoms with Crippen LogP contribution in [0.3, 0.4) is 0 Å². The minimum Gasteiger partial charge on any atom is -0.480 e. The Morgan fingerprint density at radius 3 is 2.17 bits per heavy atom. The van der Waals surface area contributed by atoms with E-state index in [1.54, 1.807) is 20.8 Å². The van der Waals surface area contributed by atoms with Gasteiger partial charge in [0.2, 0.25) is 5.91 Å². The van der Waals surface area contributed by atoms with Crippen LogP contribution in [0.1, 0.15) is 47.5 Å². The molecule has 1 atom stereocenters. The van der Waals surface area contributed by atoms with Gasteiger partial charge in [0.05, 0.1) is 0 Å². The van der Waals surface area contributed by atoms with Crippen LogP contribution < -0.4 is 10.6 Å². The molecular formula is C13H26N2O3. The normalized spacial score (nSPS) is 13.4. The van der Waals surface area contributed by atoms with Gasteiger partial charge in [-0.1, -0.05) is 34.6 Å². The maximum Gasteiger partial charge on any atom is 0.326 e. The van der Waals surface area contributed by atoms with Gasteiger partial charge >= 0.3 is 5.97 Å². The van der Waals surface area contributed by atoms with E-state index in [4.69, 9.17) is 5.11 Å². The predicted molar refractivity (Wildman–Crippen MR) is 71.4 cm³/mol. The van der Waals surface area contributed by atoms with E-state index in [2.05, 4.69) is 10.6 Å². The number of rotatable bonds is 7. The second-order valence-electron chi connectivity index (χ2n) is 5.92. The molecule has 18 heavy (non-hydrogen) atoms. The molecule has 0 aromatic heterocycles. The number of carbonyl (C=O) groups is 2. The first-order chi connectivity index (χ1) is 8.14. The van der Waals surface area contributed by atoms with Crippen LogP contribution in [-0.4, -0.2) is 35.6 Å². The Morgan fingerprint density at radius 1 is 1.22 bits per heavy atom. The third kappa shape index (κ3) is 7.27. The highest BCUT2D eigenvalue weighted by molar-refractivity contribution is 5.84. The molecule has 0 aliphatic carbocycles. The quantitative estimate of drug-likeness (QED) is 0.603. The molecule has 1 amide bonds. The second kappa shape index (κ2) is 7.36. The van der Waals surface area contributed by atoms with E-state index in [9.17, 15) is 9.59 Å². The lowest BCUT2D eigenvalue weighted by Gasteiger charge is -2.27. The molecule has 0 aromatic rings. The predicted octanol–water partition coefficient (Wildman–Crippen LogP) is 1.38. The minimum atomic E-state index is -0.990. The standard InChI is InChI=1S/C13H26N2O3/c1-9(2)14-8-6-7-10(16)15-11(12(17)18)13(3,4)5/h9,11,14H,6-8H2,1-5H3,(H,15,16)(H,17,18)/t11-/m0/s1. The molecule has 0 heterocycles.